The number of ether oxygens (including phenoxy) is 1. The first kappa shape index (κ1) is 20.4. The maximum atomic E-state index is 12.6. The van der Waals surface area contributed by atoms with Crippen molar-refractivity contribution in [3.63, 3.8) is 0 Å². The van der Waals surface area contributed by atoms with Crippen molar-refractivity contribution in [3.8, 4) is 5.75 Å². The molecule has 4 rings (SSSR count). The smallest absolute Gasteiger partial charge is 0.238 e. The van der Waals surface area contributed by atoms with Crippen LogP contribution in [0.5, 0.6) is 5.75 Å². The Balaban J connectivity index is 1.61. The third kappa shape index (κ3) is 4.51. The highest BCUT2D eigenvalue weighted by Crippen LogP contribution is 2.45. The molecule has 0 aliphatic carbocycles. The molecule has 0 saturated carbocycles. The summed E-state index contributed by atoms with van der Waals surface area (Å²) in [5.74, 6) is 1.17. The van der Waals surface area contributed by atoms with Crippen molar-refractivity contribution in [1.82, 2.24) is 0 Å². The number of para-hydroxylation sites is 1. The zero-order valence-electron chi connectivity index (χ0n) is 15.1. The van der Waals surface area contributed by atoms with Crippen LogP contribution >= 0.6 is 46.6 Å². The minimum absolute atomic E-state index is 0.0536. The molecule has 3 nitrogen and oxygen atoms in total. The normalized spacial score (nSPS) is 16.3. The Hall–Kier alpha value is -1.85. The fourth-order valence-electron chi connectivity index (χ4n) is 3.15. The van der Waals surface area contributed by atoms with Gasteiger partial charge in [0.05, 0.1) is 5.75 Å². The van der Waals surface area contributed by atoms with Gasteiger partial charge >= 0.3 is 0 Å². The predicted molar refractivity (Wildman–Crippen MR) is 121 cm³/mol. The third-order valence-electron chi connectivity index (χ3n) is 4.56. The molecule has 148 valence electrons. The Morgan fingerprint density at radius 2 is 1.69 bits per heavy atom. The molecule has 0 radical (unpaired) electrons. The molecular weight excluding hydrogens is 449 g/mol. The Bertz CT molecular complexity index is 1040. The summed E-state index contributed by atoms with van der Waals surface area (Å²) >= 11 is 19.8. The summed E-state index contributed by atoms with van der Waals surface area (Å²) in [6.07, 6.45) is 0. The lowest BCUT2D eigenvalue weighted by atomic mass is 10.1. The van der Waals surface area contributed by atoms with Crippen molar-refractivity contribution in [3.05, 3.63) is 92.9 Å². The van der Waals surface area contributed by atoms with E-state index in [-0.39, 0.29) is 11.3 Å². The molecule has 29 heavy (non-hydrogen) atoms. The van der Waals surface area contributed by atoms with Crippen LogP contribution in [0.15, 0.2) is 66.7 Å². The summed E-state index contributed by atoms with van der Waals surface area (Å²) in [7, 11) is 0. The first-order valence-corrected chi connectivity index (χ1v) is 11.1. The Morgan fingerprint density at radius 3 is 2.45 bits per heavy atom. The highest BCUT2D eigenvalue weighted by atomic mass is 35.5. The van der Waals surface area contributed by atoms with Gasteiger partial charge in [0.1, 0.15) is 17.7 Å². The van der Waals surface area contributed by atoms with E-state index < -0.39 is 0 Å². The van der Waals surface area contributed by atoms with Gasteiger partial charge in [-0.25, -0.2) is 0 Å². The van der Waals surface area contributed by atoms with Gasteiger partial charge in [-0.15, -0.1) is 11.8 Å². The molecule has 3 aromatic carbocycles. The fourth-order valence-corrected chi connectivity index (χ4v) is 4.94. The van der Waals surface area contributed by atoms with E-state index in [0.717, 1.165) is 16.8 Å². The number of halogens is 3. The van der Waals surface area contributed by atoms with E-state index in [4.69, 9.17) is 39.5 Å². The molecule has 0 N–H and O–H groups in total. The number of amides is 1. The number of hydrogen-bond acceptors (Lipinski definition) is 3. The van der Waals surface area contributed by atoms with E-state index in [0.29, 0.717) is 33.2 Å². The molecule has 1 saturated heterocycles. The maximum absolute atomic E-state index is 12.6. The van der Waals surface area contributed by atoms with Crippen molar-refractivity contribution in [2.24, 2.45) is 0 Å². The van der Waals surface area contributed by atoms with Crippen LogP contribution < -0.4 is 9.64 Å². The number of thioether (sulfide) groups is 1. The molecule has 1 amide bonds. The van der Waals surface area contributed by atoms with Crippen LogP contribution in [0.4, 0.5) is 5.69 Å². The predicted octanol–water partition coefficient (Wildman–Crippen LogP) is 7.00. The second kappa shape index (κ2) is 8.88. The van der Waals surface area contributed by atoms with Crippen LogP contribution in [0, 0.1) is 0 Å². The monoisotopic (exact) mass is 463 g/mol. The van der Waals surface area contributed by atoms with E-state index in [1.54, 1.807) is 40.9 Å². The number of carbonyl (C=O) groups is 1. The van der Waals surface area contributed by atoms with Crippen molar-refractivity contribution in [2.75, 3.05) is 10.7 Å². The van der Waals surface area contributed by atoms with Crippen molar-refractivity contribution in [2.45, 2.75) is 12.0 Å². The van der Waals surface area contributed by atoms with E-state index in [9.17, 15) is 4.79 Å². The first-order valence-electron chi connectivity index (χ1n) is 8.88. The number of benzene rings is 3. The van der Waals surface area contributed by atoms with Gasteiger partial charge in [0, 0.05) is 31.9 Å². The standard InChI is InChI=1S/C22H16Cl3NO2S/c23-15-7-9-17(10-8-15)26-21(27)13-29-22(26)18-3-1-2-4-20(18)28-12-14-5-6-16(24)11-19(14)25/h1-11,22H,12-13H2/t22-/m0/s1. The lowest BCUT2D eigenvalue weighted by Gasteiger charge is -2.26. The van der Waals surface area contributed by atoms with E-state index in [2.05, 4.69) is 0 Å². The summed E-state index contributed by atoms with van der Waals surface area (Å²) in [4.78, 5) is 14.4. The number of anilines is 1. The van der Waals surface area contributed by atoms with Gasteiger partial charge in [-0.05, 0) is 42.5 Å². The lowest BCUT2D eigenvalue weighted by Crippen LogP contribution is -2.28. The van der Waals surface area contributed by atoms with Crippen LogP contribution in [0.25, 0.3) is 0 Å². The van der Waals surface area contributed by atoms with Gasteiger partial charge < -0.3 is 4.74 Å². The van der Waals surface area contributed by atoms with Crippen molar-refractivity contribution in [1.29, 1.82) is 0 Å². The number of nitrogens with zero attached hydrogens (tertiary/aromatic N) is 1. The second-order valence-corrected chi connectivity index (χ2v) is 8.81. The highest BCUT2D eigenvalue weighted by molar-refractivity contribution is 8.00. The van der Waals surface area contributed by atoms with Crippen LogP contribution in [0.1, 0.15) is 16.5 Å². The Morgan fingerprint density at radius 1 is 0.966 bits per heavy atom. The van der Waals surface area contributed by atoms with E-state index in [1.165, 1.54) is 0 Å². The average molecular weight is 465 g/mol. The van der Waals surface area contributed by atoms with Gasteiger partial charge in [0.2, 0.25) is 5.91 Å². The summed E-state index contributed by atoms with van der Waals surface area (Å²) in [5.41, 5.74) is 2.59. The van der Waals surface area contributed by atoms with E-state index in [1.807, 2.05) is 42.5 Å². The minimum Gasteiger partial charge on any atom is -0.488 e. The average Bonchev–Trinajstić information content (AvgIpc) is 3.09. The van der Waals surface area contributed by atoms with Gasteiger partial charge in [0.25, 0.3) is 0 Å². The van der Waals surface area contributed by atoms with Gasteiger partial charge in [-0.3, -0.25) is 9.69 Å². The molecule has 7 heteroatoms. The SMILES string of the molecule is O=C1CS[C@@H](c2ccccc2OCc2ccc(Cl)cc2Cl)N1c1ccc(Cl)cc1. The minimum atomic E-state index is -0.180. The zero-order valence-corrected chi connectivity index (χ0v) is 18.2. The molecule has 0 aromatic heterocycles. The second-order valence-electron chi connectivity index (χ2n) is 6.47. The summed E-state index contributed by atoms with van der Waals surface area (Å²) in [6.45, 7) is 0.305. The van der Waals surface area contributed by atoms with Crippen LogP contribution in [-0.2, 0) is 11.4 Å². The van der Waals surface area contributed by atoms with E-state index >= 15 is 0 Å². The van der Waals surface area contributed by atoms with Crippen LogP contribution in [0.2, 0.25) is 15.1 Å². The number of hydrogen-bond donors (Lipinski definition) is 0. The van der Waals surface area contributed by atoms with Crippen molar-refractivity contribution < 1.29 is 9.53 Å². The maximum Gasteiger partial charge on any atom is 0.238 e. The highest BCUT2D eigenvalue weighted by Gasteiger charge is 2.35. The Labute approximate surface area is 188 Å². The molecule has 3 aromatic rings. The van der Waals surface area contributed by atoms with Gasteiger partial charge in [-0.2, -0.15) is 0 Å². The van der Waals surface area contributed by atoms with Gasteiger partial charge in [-0.1, -0.05) is 59.1 Å². The zero-order chi connectivity index (χ0) is 20.4. The molecule has 1 aliphatic rings. The summed E-state index contributed by atoms with van der Waals surface area (Å²) in [5, 5.41) is 1.59. The number of rotatable bonds is 5. The molecule has 0 unspecified atom stereocenters. The first-order chi connectivity index (χ1) is 14.0. The van der Waals surface area contributed by atoms with Crippen LogP contribution in [0.3, 0.4) is 0 Å². The number of carbonyl (C=O) groups excluding carboxylic acids is 1. The largest absolute Gasteiger partial charge is 0.488 e. The third-order valence-corrected chi connectivity index (χ3v) is 6.59. The van der Waals surface area contributed by atoms with Gasteiger partial charge in [0.15, 0.2) is 0 Å². The summed E-state index contributed by atoms with van der Waals surface area (Å²) < 4.78 is 6.09. The lowest BCUT2D eigenvalue weighted by molar-refractivity contribution is -0.115. The summed E-state index contributed by atoms with van der Waals surface area (Å²) in [6, 6.07) is 20.4. The molecular formula is C22H16Cl3NO2S. The molecule has 1 atom stereocenters. The molecule has 1 heterocycles. The molecule has 1 fully saturated rings. The fraction of sp³-hybridized carbons (Fsp3) is 0.136. The quantitative estimate of drug-likeness (QED) is 0.407. The van der Waals surface area contributed by atoms with Crippen molar-refractivity contribution >= 4 is 58.2 Å². The topological polar surface area (TPSA) is 29.5 Å². The molecule has 0 bridgehead atoms. The van der Waals surface area contributed by atoms with Crippen LogP contribution in [-0.4, -0.2) is 11.7 Å². The Kier molecular flexibility index (Phi) is 6.26. The molecule has 0 spiro atoms. The molecule has 1 aliphatic heterocycles.